The molecule has 3 N–H and O–H groups in total. The Morgan fingerprint density at radius 1 is 1.21 bits per heavy atom. The highest BCUT2D eigenvalue weighted by molar-refractivity contribution is 5.46. The molecular formula is C11H15NO2. The molecule has 2 rings (SSSR count). The van der Waals surface area contributed by atoms with Crippen molar-refractivity contribution >= 4 is 0 Å². The van der Waals surface area contributed by atoms with Gasteiger partial charge in [0.2, 0.25) is 0 Å². The SMILES string of the molecule is ONCc1ccc2c(c1O)CCCC2. The summed E-state index contributed by atoms with van der Waals surface area (Å²) in [6, 6.07) is 3.93. The average molecular weight is 193 g/mol. The number of aryl methyl sites for hydroxylation is 1. The summed E-state index contributed by atoms with van der Waals surface area (Å²) >= 11 is 0. The number of aromatic hydroxyl groups is 1. The zero-order valence-electron chi connectivity index (χ0n) is 8.08. The predicted molar refractivity (Wildman–Crippen MR) is 53.4 cm³/mol. The van der Waals surface area contributed by atoms with Gasteiger partial charge in [0.25, 0.3) is 0 Å². The van der Waals surface area contributed by atoms with Crippen molar-refractivity contribution < 1.29 is 10.3 Å². The first kappa shape index (κ1) is 9.49. The maximum Gasteiger partial charge on any atom is 0.123 e. The molecule has 0 heterocycles. The molecule has 0 amide bonds. The lowest BCUT2D eigenvalue weighted by Crippen LogP contribution is -2.09. The molecular weight excluding hydrogens is 178 g/mol. The number of hydrogen-bond acceptors (Lipinski definition) is 3. The van der Waals surface area contributed by atoms with Crippen LogP contribution in [-0.4, -0.2) is 10.3 Å². The molecule has 1 aromatic carbocycles. The summed E-state index contributed by atoms with van der Waals surface area (Å²) in [5.74, 6) is 0.365. The Hall–Kier alpha value is -1.06. The Labute approximate surface area is 83.3 Å². The number of phenolic OH excluding ortho intramolecular Hbond substituents is 1. The summed E-state index contributed by atoms with van der Waals surface area (Å²) in [5, 5.41) is 18.5. The molecule has 0 spiro atoms. The van der Waals surface area contributed by atoms with Crippen LogP contribution in [0.25, 0.3) is 0 Å². The zero-order valence-corrected chi connectivity index (χ0v) is 8.08. The highest BCUT2D eigenvalue weighted by Gasteiger charge is 2.15. The summed E-state index contributed by atoms with van der Waals surface area (Å²) in [5.41, 5.74) is 5.18. The highest BCUT2D eigenvalue weighted by Crippen LogP contribution is 2.31. The first-order valence-electron chi connectivity index (χ1n) is 5.02. The lowest BCUT2D eigenvalue weighted by Gasteiger charge is -2.18. The van der Waals surface area contributed by atoms with Gasteiger partial charge in [-0.15, -0.1) is 0 Å². The third kappa shape index (κ3) is 1.61. The van der Waals surface area contributed by atoms with Gasteiger partial charge >= 0.3 is 0 Å². The van der Waals surface area contributed by atoms with Crippen LogP contribution in [0.1, 0.15) is 29.5 Å². The van der Waals surface area contributed by atoms with Gasteiger partial charge in [-0.25, -0.2) is 5.48 Å². The van der Waals surface area contributed by atoms with Crippen LogP contribution >= 0.6 is 0 Å². The van der Waals surface area contributed by atoms with E-state index < -0.39 is 0 Å². The third-order valence-corrected chi connectivity index (χ3v) is 2.86. The summed E-state index contributed by atoms with van der Waals surface area (Å²) in [7, 11) is 0. The number of hydrogen-bond donors (Lipinski definition) is 3. The molecule has 0 fully saturated rings. The largest absolute Gasteiger partial charge is 0.507 e. The molecule has 1 aromatic rings. The molecule has 0 aliphatic heterocycles. The summed E-state index contributed by atoms with van der Waals surface area (Å²) in [6.07, 6.45) is 4.39. The minimum Gasteiger partial charge on any atom is -0.507 e. The van der Waals surface area contributed by atoms with Crippen LogP contribution in [0.5, 0.6) is 5.75 Å². The molecule has 3 nitrogen and oxygen atoms in total. The van der Waals surface area contributed by atoms with Crippen LogP contribution in [-0.2, 0) is 19.4 Å². The minimum atomic E-state index is 0.305. The summed E-state index contributed by atoms with van der Waals surface area (Å²) in [6.45, 7) is 0.305. The third-order valence-electron chi connectivity index (χ3n) is 2.86. The van der Waals surface area contributed by atoms with E-state index in [9.17, 15) is 5.11 Å². The van der Waals surface area contributed by atoms with Crippen molar-refractivity contribution in [2.24, 2.45) is 0 Å². The zero-order chi connectivity index (χ0) is 9.97. The molecule has 0 atom stereocenters. The predicted octanol–water partition coefficient (Wildman–Crippen LogP) is 1.75. The van der Waals surface area contributed by atoms with Gasteiger partial charge in [0.15, 0.2) is 0 Å². The van der Waals surface area contributed by atoms with Gasteiger partial charge in [-0.3, -0.25) is 0 Å². The van der Waals surface area contributed by atoms with Gasteiger partial charge in [-0.05, 0) is 36.8 Å². The lowest BCUT2D eigenvalue weighted by molar-refractivity contribution is 0.160. The van der Waals surface area contributed by atoms with Crippen molar-refractivity contribution in [3.05, 3.63) is 28.8 Å². The number of fused-ring (bicyclic) bond motifs is 1. The van der Waals surface area contributed by atoms with Crippen molar-refractivity contribution in [1.82, 2.24) is 5.48 Å². The van der Waals surface area contributed by atoms with Crippen molar-refractivity contribution in [3.8, 4) is 5.75 Å². The molecule has 0 bridgehead atoms. The van der Waals surface area contributed by atoms with E-state index >= 15 is 0 Å². The fraction of sp³-hybridized carbons (Fsp3) is 0.455. The number of benzene rings is 1. The maximum atomic E-state index is 9.91. The van der Waals surface area contributed by atoms with Crippen molar-refractivity contribution in [2.45, 2.75) is 32.2 Å². The number of nitrogens with one attached hydrogen (secondary N) is 1. The average Bonchev–Trinajstić information content (AvgIpc) is 2.23. The van der Waals surface area contributed by atoms with E-state index in [-0.39, 0.29) is 0 Å². The molecule has 0 unspecified atom stereocenters. The standard InChI is InChI=1S/C11H15NO2/c13-11-9(7-12-14)6-5-8-3-1-2-4-10(8)11/h5-6,12-14H,1-4,7H2. The molecule has 0 saturated heterocycles. The maximum absolute atomic E-state index is 9.91. The van der Waals surface area contributed by atoms with E-state index in [0.717, 1.165) is 30.4 Å². The first-order valence-corrected chi connectivity index (χ1v) is 5.02. The van der Waals surface area contributed by atoms with Crippen LogP contribution in [0.3, 0.4) is 0 Å². The molecule has 76 valence electrons. The van der Waals surface area contributed by atoms with Gasteiger partial charge in [0, 0.05) is 12.1 Å². The molecule has 3 heteroatoms. The van der Waals surface area contributed by atoms with E-state index in [1.54, 1.807) is 0 Å². The second kappa shape index (κ2) is 3.98. The Balaban J connectivity index is 2.38. The molecule has 0 radical (unpaired) electrons. The van der Waals surface area contributed by atoms with E-state index in [2.05, 4.69) is 11.5 Å². The molecule has 0 saturated carbocycles. The van der Waals surface area contributed by atoms with Crippen LogP contribution in [0, 0.1) is 0 Å². The summed E-state index contributed by atoms with van der Waals surface area (Å²) < 4.78 is 0. The quantitative estimate of drug-likeness (QED) is 0.627. The Kier molecular flexibility index (Phi) is 2.70. The van der Waals surface area contributed by atoms with Crippen LogP contribution in [0.15, 0.2) is 12.1 Å². The summed E-state index contributed by atoms with van der Waals surface area (Å²) in [4.78, 5) is 0. The van der Waals surface area contributed by atoms with Gasteiger partial charge in [-0.2, -0.15) is 0 Å². The second-order valence-electron chi connectivity index (χ2n) is 3.75. The van der Waals surface area contributed by atoms with Gasteiger partial charge in [0.05, 0.1) is 0 Å². The molecule has 1 aliphatic carbocycles. The monoisotopic (exact) mass is 193 g/mol. The Bertz CT molecular complexity index is 336. The number of hydroxylamine groups is 1. The van der Waals surface area contributed by atoms with E-state index in [1.807, 2.05) is 6.07 Å². The van der Waals surface area contributed by atoms with Gasteiger partial charge < -0.3 is 10.3 Å². The van der Waals surface area contributed by atoms with Gasteiger partial charge in [0.1, 0.15) is 5.75 Å². The van der Waals surface area contributed by atoms with Crippen molar-refractivity contribution in [1.29, 1.82) is 0 Å². The topological polar surface area (TPSA) is 52.5 Å². The van der Waals surface area contributed by atoms with Gasteiger partial charge in [-0.1, -0.05) is 12.1 Å². The Morgan fingerprint density at radius 2 is 2.00 bits per heavy atom. The van der Waals surface area contributed by atoms with Crippen molar-refractivity contribution in [3.63, 3.8) is 0 Å². The van der Waals surface area contributed by atoms with Crippen LogP contribution in [0.2, 0.25) is 0 Å². The fourth-order valence-corrected chi connectivity index (χ4v) is 2.08. The van der Waals surface area contributed by atoms with Crippen LogP contribution < -0.4 is 5.48 Å². The first-order chi connectivity index (χ1) is 6.83. The minimum absolute atomic E-state index is 0.305. The fourth-order valence-electron chi connectivity index (χ4n) is 2.08. The molecule has 14 heavy (non-hydrogen) atoms. The van der Waals surface area contributed by atoms with Crippen LogP contribution in [0.4, 0.5) is 0 Å². The lowest BCUT2D eigenvalue weighted by atomic mass is 9.89. The molecule has 0 aromatic heterocycles. The highest BCUT2D eigenvalue weighted by atomic mass is 16.5. The Morgan fingerprint density at radius 3 is 2.79 bits per heavy atom. The second-order valence-corrected chi connectivity index (χ2v) is 3.75. The number of phenols is 1. The van der Waals surface area contributed by atoms with Crippen molar-refractivity contribution in [2.75, 3.05) is 0 Å². The van der Waals surface area contributed by atoms with E-state index in [4.69, 9.17) is 5.21 Å². The smallest absolute Gasteiger partial charge is 0.123 e. The van der Waals surface area contributed by atoms with E-state index in [1.165, 1.54) is 12.0 Å². The number of rotatable bonds is 2. The van der Waals surface area contributed by atoms with E-state index in [0.29, 0.717) is 12.3 Å². The molecule has 1 aliphatic rings. The normalized spacial score (nSPS) is 15.2.